The first-order valence-corrected chi connectivity index (χ1v) is 8.07. The molecule has 1 aromatic heterocycles. The van der Waals surface area contributed by atoms with Gasteiger partial charge in [-0.15, -0.1) is 35.3 Å². The SMILES string of the molecule is CN=C(NCCNC(=O)C1CC1)NCc1nc(C)c(C)s1.I. The van der Waals surface area contributed by atoms with Crippen molar-refractivity contribution >= 4 is 47.2 Å². The highest BCUT2D eigenvalue weighted by Gasteiger charge is 2.28. The molecule has 0 radical (unpaired) electrons. The minimum Gasteiger partial charge on any atom is -0.355 e. The number of halogens is 1. The summed E-state index contributed by atoms with van der Waals surface area (Å²) < 4.78 is 0. The van der Waals surface area contributed by atoms with Crippen LogP contribution >= 0.6 is 35.3 Å². The summed E-state index contributed by atoms with van der Waals surface area (Å²) in [5.74, 6) is 1.16. The van der Waals surface area contributed by atoms with Gasteiger partial charge < -0.3 is 16.0 Å². The summed E-state index contributed by atoms with van der Waals surface area (Å²) in [7, 11) is 1.73. The number of thiazole rings is 1. The van der Waals surface area contributed by atoms with Gasteiger partial charge in [-0.05, 0) is 26.7 Å². The van der Waals surface area contributed by atoms with Gasteiger partial charge in [-0.3, -0.25) is 9.79 Å². The molecular weight excluding hydrogens is 413 g/mol. The van der Waals surface area contributed by atoms with Crippen LogP contribution in [0.15, 0.2) is 4.99 Å². The zero-order valence-electron chi connectivity index (χ0n) is 13.2. The van der Waals surface area contributed by atoms with Gasteiger partial charge in [0.15, 0.2) is 5.96 Å². The van der Waals surface area contributed by atoms with Gasteiger partial charge in [0, 0.05) is 30.9 Å². The summed E-state index contributed by atoms with van der Waals surface area (Å²) in [5.41, 5.74) is 1.09. The maximum Gasteiger partial charge on any atom is 0.223 e. The van der Waals surface area contributed by atoms with Crippen LogP contribution in [-0.2, 0) is 11.3 Å². The Morgan fingerprint density at radius 3 is 2.50 bits per heavy atom. The normalized spacial score (nSPS) is 14.2. The van der Waals surface area contributed by atoms with Crippen molar-refractivity contribution in [3.8, 4) is 0 Å². The summed E-state index contributed by atoms with van der Waals surface area (Å²) in [6.45, 7) is 6.03. The second-order valence-electron chi connectivity index (χ2n) is 5.17. The number of carbonyl (C=O) groups is 1. The van der Waals surface area contributed by atoms with E-state index in [-0.39, 0.29) is 35.8 Å². The van der Waals surface area contributed by atoms with Crippen molar-refractivity contribution in [3.63, 3.8) is 0 Å². The van der Waals surface area contributed by atoms with Gasteiger partial charge in [0.25, 0.3) is 0 Å². The number of carbonyl (C=O) groups excluding carboxylic acids is 1. The Morgan fingerprint density at radius 2 is 1.95 bits per heavy atom. The molecule has 0 aliphatic heterocycles. The second-order valence-corrected chi connectivity index (χ2v) is 6.45. The molecule has 8 heteroatoms. The van der Waals surface area contributed by atoms with Crippen molar-refractivity contribution in [1.82, 2.24) is 20.9 Å². The van der Waals surface area contributed by atoms with Gasteiger partial charge in [0.1, 0.15) is 5.01 Å². The van der Waals surface area contributed by atoms with E-state index in [9.17, 15) is 4.79 Å². The number of aryl methyl sites for hydroxylation is 2. The van der Waals surface area contributed by atoms with E-state index in [4.69, 9.17) is 0 Å². The van der Waals surface area contributed by atoms with Gasteiger partial charge in [-0.25, -0.2) is 4.98 Å². The van der Waals surface area contributed by atoms with Crippen LogP contribution < -0.4 is 16.0 Å². The smallest absolute Gasteiger partial charge is 0.223 e. The molecule has 6 nitrogen and oxygen atoms in total. The number of guanidine groups is 1. The summed E-state index contributed by atoms with van der Waals surface area (Å²) >= 11 is 1.70. The van der Waals surface area contributed by atoms with Gasteiger partial charge in [-0.2, -0.15) is 0 Å². The van der Waals surface area contributed by atoms with Crippen molar-refractivity contribution in [3.05, 3.63) is 15.6 Å². The third kappa shape index (κ3) is 6.07. The number of rotatable bonds is 6. The van der Waals surface area contributed by atoms with Gasteiger partial charge >= 0.3 is 0 Å². The Kier molecular flexibility index (Phi) is 8.08. The molecule has 1 heterocycles. The summed E-state index contributed by atoms with van der Waals surface area (Å²) in [6, 6.07) is 0. The quantitative estimate of drug-likeness (QED) is 0.273. The molecule has 1 aromatic rings. The first kappa shape index (κ1) is 19.1. The van der Waals surface area contributed by atoms with E-state index in [1.807, 2.05) is 6.92 Å². The highest BCUT2D eigenvalue weighted by atomic mass is 127. The predicted octanol–water partition coefficient (Wildman–Crippen LogP) is 1.57. The highest BCUT2D eigenvalue weighted by Crippen LogP contribution is 2.28. The molecule has 1 aliphatic carbocycles. The molecule has 0 saturated heterocycles. The molecule has 1 saturated carbocycles. The fourth-order valence-corrected chi connectivity index (χ4v) is 2.72. The summed E-state index contributed by atoms with van der Waals surface area (Å²) in [5, 5.41) is 10.4. The van der Waals surface area contributed by atoms with Crippen molar-refractivity contribution < 1.29 is 4.79 Å². The number of nitrogens with zero attached hydrogens (tertiary/aromatic N) is 2. The van der Waals surface area contributed by atoms with Crippen molar-refractivity contribution in [2.45, 2.75) is 33.2 Å². The Bertz CT molecular complexity index is 508. The molecule has 0 bridgehead atoms. The first-order chi connectivity index (χ1) is 10.1. The van der Waals surface area contributed by atoms with E-state index in [1.54, 1.807) is 18.4 Å². The molecule has 3 N–H and O–H groups in total. The molecule has 0 aromatic carbocycles. The van der Waals surface area contributed by atoms with Gasteiger partial charge in [0.2, 0.25) is 5.91 Å². The standard InChI is InChI=1S/C14H23N5OS.HI/c1-9-10(2)21-12(19-9)8-18-14(15-3)17-7-6-16-13(20)11-4-5-11;/h11H,4-8H2,1-3H3,(H,16,20)(H2,15,17,18);1H. The largest absolute Gasteiger partial charge is 0.355 e. The number of aliphatic imine (C=N–C) groups is 1. The number of aromatic nitrogens is 1. The highest BCUT2D eigenvalue weighted by molar-refractivity contribution is 14.0. The van der Waals surface area contributed by atoms with E-state index in [1.165, 1.54) is 4.88 Å². The molecular formula is C14H24IN5OS. The molecule has 124 valence electrons. The van der Waals surface area contributed by atoms with Crippen molar-refractivity contribution in [2.75, 3.05) is 20.1 Å². The fraction of sp³-hybridized carbons (Fsp3) is 0.643. The molecule has 0 spiro atoms. The lowest BCUT2D eigenvalue weighted by molar-refractivity contribution is -0.122. The molecule has 1 fully saturated rings. The van der Waals surface area contributed by atoms with Crippen LogP contribution in [-0.4, -0.2) is 37.0 Å². The van der Waals surface area contributed by atoms with Crippen LogP contribution in [0.5, 0.6) is 0 Å². The van der Waals surface area contributed by atoms with E-state index in [2.05, 4.69) is 32.9 Å². The maximum atomic E-state index is 11.5. The minimum absolute atomic E-state index is 0. The minimum atomic E-state index is 0. The predicted molar refractivity (Wildman–Crippen MR) is 101 cm³/mol. The molecule has 22 heavy (non-hydrogen) atoms. The van der Waals surface area contributed by atoms with E-state index >= 15 is 0 Å². The third-order valence-corrected chi connectivity index (χ3v) is 4.44. The summed E-state index contributed by atoms with van der Waals surface area (Å²) in [4.78, 5) is 21.4. The number of amides is 1. The third-order valence-electron chi connectivity index (χ3n) is 3.37. The first-order valence-electron chi connectivity index (χ1n) is 7.25. The van der Waals surface area contributed by atoms with Gasteiger partial charge in [-0.1, -0.05) is 0 Å². The lowest BCUT2D eigenvalue weighted by atomic mass is 10.4. The number of hydrogen-bond donors (Lipinski definition) is 3. The van der Waals surface area contributed by atoms with Crippen LogP contribution in [0.1, 0.15) is 28.4 Å². The average molecular weight is 437 g/mol. The topological polar surface area (TPSA) is 78.4 Å². The average Bonchev–Trinajstić information content (AvgIpc) is 3.25. The van der Waals surface area contributed by atoms with Crippen LogP contribution in [0.4, 0.5) is 0 Å². The zero-order valence-corrected chi connectivity index (χ0v) is 16.4. The Labute approximate surface area is 152 Å². The molecule has 2 rings (SSSR count). The van der Waals surface area contributed by atoms with E-state index in [0.717, 1.165) is 29.5 Å². The van der Waals surface area contributed by atoms with E-state index in [0.29, 0.717) is 19.6 Å². The number of nitrogens with one attached hydrogen (secondary N) is 3. The van der Waals surface area contributed by atoms with Crippen LogP contribution in [0, 0.1) is 19.8 Å². The monoisotopic (exact) mass is 437 g/mol. The zero-order chi connectivity index (χ0) is 15.2. The lowest BCUT2D eigenvalue weighted by Gasteiger charge is -2.11. The number of hydrogen-bond acceptors (Lipinski definition) is 4. The fourth-order valence-electron chi connectivity index (χ4n) is 1.85. The Hall–Kier alpha value is -0.900. The maximum absolute atomic E-state index is 11.5. The Morgan fingerprint density at radius 1 is 1.27 bits per heavy atom. The van der Waals surface area contributed by atoms with Crippen molar-refractivity contribution in [2.24, 2.45) is 10.9 Å². The molecule has 0 atom stereocenters. The molecule has 1 aliphatic rings. The molecule has 1 amide bonds. The summed E-state index contributed by atoms with van der Waals surface area (Å²) in [6.07, 6.45) is 2.07. The lowest BCUT2D eigenvalue weighted by Crippen LogP contribution is -2.41. The van der Waals surface area contributed by atoms with Crippen LogP contribution in [0.25, 0.3) is 0 Å². The van der Waals surface area contributed by atoms with Gasteiger partial charge in [0.05, 0.1) is 12.2 Å². The second kappa shape index (κ2) is 9.29. The van der Waals surface area contributed by atoms with Crippen molar-refractivity contribution in [1.29, 1.82) is 0 Å². The van der Waals surface area contributed by atoms with Crippen LogP contribution in [0.3, 0.4) is 0 Å². The van der Waals surface area contributed by atoms with Crippen LogP contribution in [0.2, 0.25) is 0 Å². The molecule has 0 unspecified atom stereocenters. The van der Waals surface area contributed by atoms with E-state index < -0.39 is 0 Å². The Balaban J connectivity index is 0.00000242.